The molecule has 0 saturated carbocycles. The summed E-state index contributed by atoms with van der Waals surface area (Å²) in [6.45, 7) is 5.37. The van der Waals surface area contributed by atoms with Crippen molar-refractivity contribution in [1.29, 1.82) is 0 Å². The molecule has 1 aromatic carbocycles. The third kappa shape index (κ3) is 4.25. The van der Waals surface area contributed by atoms with E-state index in [-0.39, 0.29) is 5.91 Å². The molecule has 1 aromatic heterocycles. The largest absolute Gasteiger partial charge is 0.497 e. The van der Waals surface area contributed by atoms with Gasteiger partial charge in [0.1, 0.15) is 11.4 Å². The van der Waals surface area contributed by atoms with Crippen molar-refractivity contribution in [2.45, 2.75) is 32.2 Å². The Morgan fingerprint density at radius 2 is 2.00 bits per heavy atom. The van der Waals surface area contributed by atoms with Crippen molar-refractivity contribution < 1.29 is 9.53 Å². The lowest BCUT2D eigenvalue weighted by Crippen LogP contribution is -2.35. The van der Waals surface area contributed by atoms with Gasteiger partial charge in [0.15, 0.2) is 0 Å². The Balaban J connectivity index is 1.57. The molecule has 2 aromatic rings. The Kier molecular flexibility index (Phi) is 5.93. The van der Waals surface area contributed by atoms with Crippen molar-refractivity contribution in [3.63, 3.8) is 0 Å². The maximum absolute atomic E-state index is 12.6. The summed E-state index contributed by atoms with van der Waals surface area (Å²) < 4.78 is 5.17. The molecule has 0 spiro atoms. The molecule has 1 atom stereocenters. The maximum atomic E-state index is 12.6. The van der Waals surface area contributed by atoms with Gasteiger partial charge in [0.05, 0.1) is 12.8 Å². The Bertz CT molecular complexity index is 720. The fourth-order valence-electron chi connectivity index (χ4n) is 3.39. The van der Waals surface area contributed by atoms with E-state index in [1.54, 1.807) is 12.0 Å². The summed E-state index contributed by atoms with van der Waals surface area (Å²) in [5.41, 5.74) is 2.23. The van der Waals surface area contributed by atoms with Gasteiger partial charge in [-0.25, -0.2) is 0 Å². The predicted molar refractivity (Wildman–Crippen MR) is 102 cm³/mol. The molecule has 1 amide bonds. The molecule has 0 aliphatic carbocycles. The minimum Gasteiger partial charge on any atom is -0.497 e. The molecule has 140 valence electrons. The topological polar surface area (TPSA) is 61.5 Å². The summed E-state index contributed by atoms with van der Waals surface area (Å²) in [4.78, 5) is 16.9. The van der Waals surface area contributed by atoms with E-state index in [0.717, 1.165) is 30.0 Å². The van der Waals surface area contributed by atoms with E-state index < -0.39 is 0 Å². The quantitative estimate of drug-likeness (QED) is 0.828. The van der Waals surface area contributed by atoms with E-state index in [0.29, 0.717) is 11.7 Å². The molecule has 6 nitrogen and oxygen atoms in total. The molecule has 6 heteroatoms. The van der Waals surface area contributed by atoms with Crippen LogP contribution in [0.3, 0.4) is 0 Å². The summed E-state index contributed by atoms with van der Waals surface area (Å²) in [5.74, 6) is 0.776. The molecular formula is C20H28N4O2. The van der Waals surface area contributed by atoms with Crippen molar-refractivity contribution in [1.82, 2.24) is 20.0 Å². The van der Waals surface area contributed by atoms with Gasteiger partial charge in [0.25, 0.3) is 5.91 Å². The number of benzene rings is 1. The van der Waals surface area contributed by atoms with Crippen LogP contribution in [-0.2, 0) is 0 Å². The number of carbonyl (C=O) groups is 1. The standard InChI is InChI=1S/C20H28N4O2/c1-15(24-11-4-5-12-24)10-13-23(2)20(25)19-14-18(21-22-19)16-6-8-17(26-3)9-7-16/h6-9,14-15H,4-5,10-13H2,1-3H3,(H,21,22). The summed E-state index contributed by atoms with van der Waals surface area (Å²) >= 11 is 0. The van der Waals surface area contributed by atoms with Crippen LogP contribution in [0.1, 0.15) is 36.7 Å². The zero-order valence-electron chi connectivity index (χ0n) is 15.9. The highest BCUT2D eigenvalue weighted by molar-refractivity contribution is 5.93. The number of ether oxygens (including phenoxy) is 1. The number of likely N-dealkylation sites (tertiary alicyclic amines) is 1. The van der Waals surface area contributed by atoms with Crippen LogP contribution in [0.25, 0.3) is 11.3 Å². The van der Waals surface area contributed by atoms with Gasteiger partial charge in [-0.1, -0.05) is 0 Å². The lowest BCUT2D eigenvalue weighted by Gasteiger charge is -2.26. The van der Waals surface area contributed by atoms with Crippen LogP contribution in [-0.4, -0.2) is 65.7 Å². The van der Waals surface area contributed by atoms with E-state index in [1.807, 2.05) is 37.4 Å². The van der Waals surface area contributed by atoms with Gasteiger partial charge < -0.3 is 14.5 Å². The summed E-state index contributed by atoms with van der Waals surface area (Å²) in [5, 5.41) is 7.16. The summed E-state index contributed by atoms with van der Waals surface area (Å²) in [7, 11) is 3.49. The normalized spacial score (nSPS) is 15.8. The van der Waals surface area contributed by atoms with E-state index >= 15 is 0 Å². The molecule has 2 heterocycles. The lowest BCUT2D eigenvalue weighted by molar-refractivity contribution is 0.0775. The van der Waals surface area contributed by atoms with Crippen LogP contribution in [0, 0.1) is 0 Å². The third-order valence-electron chi connectivity index (χ3n) is 5.19. The molecule has 3 rings (SSSR count). The first kappa shape index (κ1) is 18.5. The molecule has 1 N–H and O–H groups in total. The highest BCUT2D eigenvalue weighted by Crippen LogP contribution is 2.21. The SMILES string of the molecule is COc1ccc(-c2cc(C(=O)N(C)CCC(C)N3CCCC3)[nH]n2)cc1. The Hall–Kier alpha value is -2.34. The van der Waals surface area contributed by atoms with Crippen molar-refractivity contribution in [2.24, 2.45) is 0 Å². The van der Waals surface area contributed by atoms with Crippen LogP contribution >= 0.6 is 0 Å². The number of nitrogens with zero attached hydrogens (tertiary/aromatic N) is 3. The molecule has 0 bridgehead atoms. The first-order valence-corrected chi connectivity index (χ1v) is 9.28. The second kappa shape index (κ2) is 8.36. The molecule has 0 radical (unpaired) electrons. The van der Waals surface area contributed by atoms with Crippen LogP contribution in [0.2, 0.25) is 0 Å². The van der Waals surface area contributed by atoms with Crippen LogP contribution in [0.15, 0.2) is 30.3 Å². The third-order valence-corrected chi connectivity index (χ3v) is 5.19. The minimum atomic E-state index is -0.0223. The van der Waals surface area contributed by atoms with Gasteiger partial charge in [0.2, 0.25) is 0 Å². The number of hydrogen-bond donors (Lipinski definition) is 1. The molecular weight excluding hydrogens is 328 g/mol. The second-order valence-corrected chi connectivity index (χ2v) is 7.00. The Labute approximate surface area is 155 Å². The number of aromatic nitrogens is 2. The van der Waals surface area contributed by atoms with Crippen LogP contribution in [0.5, 0.6) is 5.75 Å². The van der Waals surface area contributed by atoms with E-state index in [2.05, 4.69) is 22.0 Å². The smallest absolute Gasteiger partial charge is 0.271 e. The van der Waals surface area contributed by atoms with Crippen LogP contribution in [0.4, 0.5) is 0 Å². The first-order valence-electron chi connectivity index (χ1n) is 9.28. The minimum absolute atomic E-state index is 0.0223. The molecule has 26 heavy (non-hydrogen) atoms. The van der Waals surface area contributed by atoms with Crippen molar-refractivity contribution in [3.8, 4) is 17.0 Å². The molecule has 1 aliphatic rings. The molecule has 1 fully saturated rings. The fraction of sp³-hybridized carbons (Fsp3) is 0.500. The number of amides is 1. The maximum Gasteiger partial charge on any atom is 0.271 e. The number of H-pyrrole nitrogens is 1. The predicted octanol–water partition coefficient (Wildman–Crippen LogP) is 3.03. The Morgan fingerprint density at radius 1 is 1.31 bits per heavy atom. The molecule has 1 aliphatic heterocycles. The highest BCUT2D eigenvalue weighted by Gasteiger charge is 2.20. The number of methoxy groups -OCH3 is 1. The average molecular weight is 356 g/mol. The number of aromatic amines is 1. The van der Waals surface area contributed by atoms with Gasteiger partial charge in [-0.05, 0) is 69.6 Å². The monoisotopic (exact) mass is 356 g/mol. The average Bonchev–Trinajstić information content (AvgIpc) is 3.37. The van der Waals surface area contributed by atoms with Gasteiger partial charge in [-0.15, -0.1) is 0 Å². The fourth-order valence-corrected chi connectivity index (χ4v) is 3.39. The number of rotatable bonds is 7. The van der Waals surface area contributed by atoms with Crippen LogP contribution < -0.4 is 4.74 Å². The number of carbonyl (C=O) groups excluding carboxylic acids is 1. The van der Waals surface area contributed by atoms with Crippen molar-refractivity contribution in [2.75, 3.05) is 33.8 Å². The zero-order valence-corrected chi connectivity index (χ0v) is 15.9. The van der Waals surface area contributed by atoms with Gasteiger partial charge in [-0.2, -0.15) is 5.10 Å². The molecule has 1 saturated heterocycles. The number of hydrogen-bond acceptors (Lipinski definition) is 4. The van der Waals surface area contributed by atoms with E-state index in [1.165, 1.54) is 25.9 Å². The highest BCUT2D eigenvalue weighted by atomic mass is 16.5. The van der Waals surface area contributed by atoms with Gasteiger partial charge in [-0.3, -0.25) is 9.89 Å². The molecule has 1 unspecified atom stereocenters. The first-order chi connectivity index (χ1) is 12.6. The van der Waals surface area contributed by atoms with E-state index in [9.17, 15) is 4.79 Å². The van der Waals surface area contributed by atoms with Crippen molar-refractivity contribution >= 4 is 5.91 Å². The summed E-state index contributed by atoms with van der Waals surface area (Å²) in [6.07, 6.45) is 3.57. The second-order valence-electron chi connectivity index (χ2n) is 7.00. The lowest BCUT2D eigenvalue weighted by atomic mass is 10.1. The summed E-state index contributed by atoms with van der Waals surface area (Å²) in [6, 6.07) is 9.97. The van der Waals surface area contributed by atoms with E-state index in [4.69, 9.17) is 4.74 Å². The number of nitrogens with one attached hydrogen (secondary N) is 1. The van der Waals surface area contributed by atoms with Crippen molar-refractivity contribution in [3.05, 3.63) is 36.0 Å². The van der Waals surface area contributed by atoms with Gasteiger partial charge >= 0.3 is 0 Å². The Morgan fingerprint density at radius 3 is 2.65 bits per heavy atom. The van der Waals surface area contributed by atoms with Gasteiger partial charge in [0, 0.05) is 25.2 Å². The zero-order chi connectivity index (χ0) is 18.5.